The van der Waals surface area contributed by atoms with Crippen molar-refractivity contribution in [2.24, 2.45) is 0 Å². The molecule has 10 heteroatoms. The molecule has 3 heterocycles. The van der Waals surface area contributed by atoms with E-state index in [1.807, 2.05) is 0 Å². The van der Waals surface area contributed by atoms with Gasteiger partial charge in [0, 0.05) is 43.5 Å². The maximum absolute atomic E-state index is 13.9. The summed E-state index contributed by atoms with van der Waals surface area (Å²) in [6.07, 6.45) is 3.90. The van der Waals surface area contributed by atoms with Gasteiger partial charge in [0.2, 0.25) is 5.91 Å². The summed E-state index contributed by atoms with van der Waals surface area (Å²) in [5, 5.41) is 3.21. The average Bonchev–Trinajstić information content (AvgIpc) is 2.85. The lowest BCUT2D eigenvalue weighted by Gasteiger charge is -2.32. The summed E-state index contributed by atoms with van der Waals surface area (Å²) in [5.74, 6) is -1.60. The van der Waals surface area contributed by atoms with Crippen LogP contribution in [0.1, 0.15) is 51.8 Å². The first-order valence-electron chi connectivity index (χ1n) is 11.2. The van der Waals surface area contributed by atoms with Gasteiger partial charge in [-0.1, -0.05) is 17.7 Å². The van der Waals surface area contributed by atoms with Crippen molar-refractivity contribution in [3.63, 3.8) is 0 Å². The number of aryl methyl sites for hydroxylation is 1. The highest BCUT2D eigenvalue weighted by molar-refractivity contribution is 6.29. The van der Waals surface area contributed by atoms with Crippen LogP contribution in [0.5, 0.6) is 0 Å². The molecular formula is C25H24ClF2N5O2. The number of pyridine rings is 1. The van der Waals surface area contributed by atoms with Gasteiger partial charge in [0.05, 0.1) is 17.7 Å². The standard InChI is InChI=1S/C25H24ClF2N5O2/c1-15-30-14-19(25(35)31-13-16-5-8-29-22(26)11-16)24(32-15)17-6-9-33(10-7-17)23(34)12-18-20(27)3-2-4-21(18)28/h2-5,8,11,14,17H,6-7,9-10,12-13H2,1H3,(H,31,35). The molecule has 1 saturated heterocycles. The lowest BCUT2D eigenvalue weighted by Crippen LogP contribution is -2.39. The molecule has 1 aliphatic heterocycles. The number of carbonyl (C=O) groups excluding carboxylic acids is 2. The molecule has 1 aliphatic rings. The quantitative estimate of drug-likeness (QED) is 0.518. The highest BCUT2D eigenvalue weighted by atomic mass is 35.5. The van der Waals surface area contributed by atoms with Crippen molar-refractivity contribution >= 4 is 23.4 Å². The van der Waals surface area contributed by atoms with Crippen LogP contribution < -0.4 is 5.32 Å². The monoisotopic (exact) mass is 499 g/mol. The number of nitrogens with zero attached hydrogens (tertiary/aromatic N) is 4. The molecule has 2 amide bonds. The largest absolute Gasteiger partial charge is 0.348 e. The summed E-state index contributed by atoms with van der Waals surface area (Å²) in [4.78, 5) is 39.9. The average molecular weight is 500 g/mol. The second-order valence-corrected chi connectivity index (χ2v) is 8.80. The van der Waals surface area contributed by atoms with Crippen LogP contribution >= 0.6 is 11.6 Å². The predicted molar refractivity (Wildman–Crippen MR) is 126 cm³/mol. The fourth-order valence-electron chi connectivity index (χ4n) is 4.17. The van der Waals surface area contributed by atoms with Crippen LogP contribution in [-0.4, -0.2) is 44.8 Å². The van der Waals surface area contributed by atoms with Crippen molar-refractivity contribution in [3.05, 3.63) is 87.7 Å². The number of rotatable bonds is 6. The third-order valence-electron chi connectivity index (χ3n) is 6.05. The van der Waals surface area contributed by atoms with Crippen molar-refractivity contribution in [2.45, 2.75) is 38.6 Å². The minimum Gasteiger partial charge on any atom is -0.348 e. The van der Waals surface area contributed by atoms with Crippen molar-refractivity contribution < 1.29 is 18.4 Å². The number of hydrogen-bond acceptors (Lipinski definition) is 5. The highest BCUT2D eigenvalue weighted by Crippen LogP contribution is 2.29. The molecule has 1 fully saturated rings. The Labute approximate surface area is 206 Å². The minimum atomic E-state index is -0.727. The zero-order chi connectivity index (χ0) is 24.9. The van der Waals surface area contributed by atoms with Crippen LogP contribution in [-0.2, 0) is 17.8 Å². The van der Waals surface area contributed by atoms with Gasteiger partial charge in [-0.05, 0) is 49.6 Å². The Morgan fingerprint density at radius 1 is 1.14 bits per heavy atom. The van der Waals surface area contributed by atoms with Gasteiger partial charge in [0.1, 0.15) is 22.6 Å². The van der Waals surface area contributed by atoms with Gasteiger partial charge in [-0.2, -0.15) is 0 Å². The first-order valence-corrected chi connectivity index (χ1v) is 11.6. The molecule has 35 heavy (non-hydrogen) atoms. The number of aromatic nitrogens is 3. The van der Waals surface area contributed by atoms with Gasteiger partial charge in [0.25, 0.3) is 5.91 Å². The molecule has 1 aromatic carbocycles. The Bertz CT molecular complexity index is 1230. The fourth-order valence-corrected chi connectivity index (χ4v) is 4.37. The highest BCUT2D eigenvalue weighted by Gasteiger charge is 2.29. The smallest absolute Gasteiger partial charge is 0.254 e. The molecular weight excluding hydrogens is 476 g/mol. The van der Waals surface area contributed by atoms with Crippen LogP contribution in [0.25, 0.3) is 0 Å². The van der Waals surface area contributed by atoms with Gasteiger partial charge >= 0.3 is 0 Å². The van der Waals surface area contributed by atoms with Gasteiger partial charge in [-0.25, -0.2) is 23.7 Å². The molecule has 0 radical (unpaired) electrons. The van der Waals surface area contributed by atoms with E-state index in [1.165, 1.54) is 12.3 Å². The maximum atomic E-state index is 13.9. The summed E-state index contributed by atoms with van der Waals surface area (Å²) in [5.41, 5.74) is 1.61. The Kier molecular flexibility index (Phi) is 7.65. The van der Waals surface area contributed by atoms with Crippen LogP contribution in [0, 0.1) is 18.6 Å². The molecule has 0 atom stereocenters. The first kappa shape index (κ1) is 24.7. The Hall–Kier alpha value is -3.46. The van der Waals surface area contributed by atoms with Crippen molar-refractivity contribution in [2.75, 3.05) is 13.1 Å². The number of nitrogens with one attached hydrogen (secondary N) is 1. The molecule has 0 aliphatic carbocycles. The molecule has 1 N–H and O–H groups in total. The normalized spacial score (nSPS) is 14.1. The summed E-state index contributed by atoms with van der Waals surface area (Å²) >= 11 is 5.91. The number of piperidine rings is 1. The number of likely N-dealkylation sites (tertiary alicyclic amines) is 1. The van der Waals surface area contributed by atoms with Crippen LogP contribution in [0.15, 0.2) is 42.7 Å². The minimum absolute atomic E-state index is 0.0536. The summed E-state index contributed by atoms with van der Waals surface area (Å²) in [7, 11) is 0. The van der Waals surface area contributed by atoms with Crippen LogP contribution in [0.4, 0.5) is 8.78 Å². The lowest BCUT2D eigenvalue weighted by molar-refractivity contribution is -0.131. The molecule has 3 aromatic rings. The molecule has 0 bridgehead atoms. The van der Waals surface area contributed by atoms with Gasteiger partial charge in [-0.15, -0.1) is 0 Å². The molecule has 4 rings (SSSR count). The summed E-state index contributed by atoms with van der Waals surface area (Å²) < 4.78 is 27.9. The Morgan fingerprint density at radius 3 is 2.54 bits per heavy atom. The van der Waals surface area contributed by atoms with E-state index in [0.717, 1.165) is 17.7 Å². The van der Waals surface area contributed by atoms with E-state index in [9.17, 15) is 18.4 Å². The second kappa shape index (κ2) is 10.9. The van der Waals surface area contributed by atoms with E-state index in [1.54, 1.807) is 30.2 Å². The Balaban J connectivity index is 1.41. The number of amides is 2. The number of benzene rings is 1. The molecule has 7 nitrogen and oxygen atoms in total. The van der Waals surface area contributed by atoms with Gasteiger partial charge in [0.15, 0.2) is 0 Å². The topological polar surface area (TPSA) is 88.1 Å². The Morgan fingerprint density at radius 2 is 1.86 bits per heavy atom. The number of carbonyl (C=O) groups is 2. The maximum Gasteiger partial charge on any atom is 0.254 e. The predicted octanol–water partition coefficient (Wildman–Crippen LogP) is 3.99. The van der Waals surface area contributed by atoms with Crippen molar-refractivity contribution in [1.82, 2.24) is 25.2 Å². The van der Waals surface area contributed by atoms with E-state index in [2.05, 4.69) is 20.3 Å². The summed E-state index contributed by atoms with van der Waals surface area (Å²) in [6, 6.07) is 7.00. The van der Waals surface area contributed by atoms with E-state index >= 15 is 0 Å². The van der Waals surface area contributed by atoms with Crippen molar-refractivity contribution in [3.8, 4) is 0 Å². The third-order valence-corrected chi connectivity index (χ3v) is 6.26. The first-order chi connectivity index (χ1) is 16.8. The van der Waals surface area contributed by atoms with Gasteiger partial charge in [-0.3, -0.25) is 9.59 Å². The molecule has 0 unspecified atom stereocenters. The van der Waals surface area contributed by atoms with E-state index < -0.39 is 11.6 Å². The van der Waals surface area contributed by atoms with Crippen molar-refractivity contribution in [1.29, 1.82) is 0 Å². The van der Waals surface area contributed by atoms with E-state index in [-0.39, 0.29) is 36.3 Å². The number of halogens is 3. The van der Waals surface area contributed by atoms with Gasteiger partial charge < -0.3 is 10.2 Å². The zero-order valence-corrected chi connectivity index (χ0v) is 19.9. The fraction of sp³-hybridized carbons (Fsp3) is 0.320. The molecule has 0 spiro atoms. The van der Waals surface area contributed by atoms with E-state index in [0.29, 0.717) is 48.2 Å². The van der Waals surface area contributed by atoms with E-state index in [4.69, 9.17) is 11.6 Å². The lowest BCUT2D eigenvalue weighted by atomic mass is 9.90. The van der Waals surface area contributed by atoms with Crippen LogP contribution in [0.2, 0.25) is 5.15 Å². The number of hydrogen-bond donors (Lipinski definition) is 1. The zero-order valence-electron chi connectivity index (χ0n) is 19.1. The van der Waals surface area contributed by atoms with Crippen LogP contribution in [0.3, 0.4) is 0 Å². The summed E-state index contributed by atoms with van der Waals surface area (Å²) in [6.45, 7) is 2.83. The second-order valence-electron chi connectivity index (χ2n) is 8.42. The molecule has 182 valence electrons. The third kappa shape index (κ3) is 5.97. The molecule has 0 saturated carbocycles. The molecule has 2 aromatic heterocycles. The SMILES string of the molecule is Cc1ncc(C(=O)NCc2ccnc(Cl)c2)c(C2CCN(C(=O)Cc3c(F)cccc3F)CC2)n1.